The Hall–Kier alpha value is -2.55. The van der Waals surface area contributed by atoms with Crippen LogP contribution in [0.15, 0.2) is 24.4 Å². The molecule has 9 heteroatoms. The summed E-state index contributed by atoms with van der Waals surface area (Å²) in [7, 11) is 0. The van der Waals surface area contributed by atoms with E-state index in [1.807, 2.05) is 30.0 Å². The number of rotatable bonds is 6. The van der Waals surface area contributed by atoms with Gasteiger partial charge in [0.25, 0.3) is 0 Å². The highest BCUT2D eigenvalue weighted by Gasteiger charge is 2.21. The van der Waals surface area contributed by atoms with Crippen molar-refractivity contribution in [1.29, 1.82) is 0 Å². The van der Waals surface area contributed by atoms with Gasteiger partial charge in [-0.15, -0.1) is 10.2 Å². The van der Waals surface area contributed by atoms with Gasteiger partial charge < -0.3 is 15.1 Å². The zero-order valence-electron chi connectivity index (χ0n) is 14.7. The summed E-state index contributed by atoms with van der Waals surface area (Å²) in [5.74, 6) is 0.919. The van der Waals surface area contributed by atoms with E-state index in [0.717, 1.165) is 23.9 Å². The second kappa shape index (κ2) is 8.70. The maximum Gasteiger partial charge on any atom is 0.226 e. The van der Waals surface area contributed by atoms with E-state index in [9.17, 15) is 9.59 Å². The molecule has 1 N–H and O–H groups in total. The summed E-state index contributed by atoms with van der Waals surface area (Å²) in [6, 6.07) is 5.84. The van der Waals surface area contributed by atoms with Crippen LogP contribution >= 0.6 is 11.3 Å². The molecule has 138 valence electrons. The SMILES string of the molecule is Cc1nnc(NC(=O)CCCC(=O)N2CCN(c3ccccn3)CC2)s1. The molecule has 1 aliphatic heterocycles. The molecule has 0 aliphatic carbocycles. The molecule has 2 aromatic rings. The number of anilines is 2. The summed E-state index contributed by atoms with van der Waals surface area (Å²) >= 11 is 1.34. The summed E-state index contributed by atoms with van der Waals surface area (Å²) in [5, 5.41) is 11.7. The fourth-order valence-corrected chi connectivity index (χ4v) is 3.42. The van der Waals surface area contributed by atoms with Crippen LogP contribution in [0, 0.1) is 6.92 Å². The molecule has 0 saturated carbocycles. The zero-order valence-corrected chi connectivity index (χ0v) is 15.5. The largest absolute Gasteiger partial charge is 0.353 e. The second-order valence-corrected chi connectivity index (χ2v) is 7.27. The van der Waals surface area contributed by atoms with Crippen molar-refractivity contribution in [2.45, 2.75) is 26.2 Å². The van der Waals surface area contributed by atoms with Gasteiger partial charge in [0.15, 0.2) is 0 Å². The van der Waals surface area contributed by atoms with Crippen molar-refractivity contribution >= 4 is 34.1 Å². The molecule has 2 amide bonds. The van der Waals surface area contributed by atoms with E-state index in [1.165, 1.54) is 11.3 Å². The van der Waals surface area contributed by atoms with Crippen molar-refractivity contribution in [3.8, 4) is 0 Å². The lowest BCUT2D eigenvalue weighted by atomic mass is 10.2. The van der Waals surface area contributed by atoms with E-state index < -0.39 is 0 Å². The Morgan fingerprint density at radius 3 is 2.62 bits per heavy atom. The van der Waals surface area contributed by atoms with E-state index in [2.05, 4.69) is 25.4 Å². The Labute approximate surface area is 156 Å². The zero-order chi connectivity index (χ0) is 18.4. The van der Waals surface area contributed by atoms with E-state index in [-0.39, 0.29) is 11.8 Å². The molecule has 1 saturated heterocycles. The summed E-state index contributed by atoms with van der Waals surface area (Å²) in [6.07, 6.45) is 2.99. The number of nitrogens with zero attached hydrogens (tertiary/aromatic N) is 5. The van der Waals surface area contributed by atoms with Gasteiger partial charge >= 0.3 is 0 Å². The minimum Gasteiger partial charge on any atom is -0.353 e. The van der Waals surface area contributed by atoms with Crippen LogP contribution in [0.4, 0.5) is 10.9 Å². The van der Waals surface area contributed by atoms with Crippen LogP contribution in [0.5, 0.6) is 0 Å². The van der Waals surface area contributed by atoms with Gasteiger partial charge in [-0.1, -0.05) is 17.4 Å². The van der Waals surface area contributed by atoms with Crippen molar-refractivity contribution in [1.82, 2.24) is 20.1 Å². The maximum atomic E-state index is 12.3. The second-order valence-electron chi connectivity index (χ2n) is 6.08. The molecule has 3 heterocycles. The van der Waals surface area contributed by atoms with E-state index in [1.54, 1.807) is 6.20 Å². The van der Waals surface area contributed by atoms with Crippen molar-refractivity contribution in [2.75, 3.05) is 36.4 Å². The minimum absolute atomic E-state index is 0.102. The minimum atomic E-state index is -0.131. The number of carbonyl (C=O) groups is 2. The molecule has 1 fully saturated rings. The Bertz CT molecular complexity index is 743. The van der Waals surface area contributed by atoms with E-state index >= 15 is 0 Å². The first kappa shape index (κ1) is 18.2. The van der Waals surface area contributed by atoms with E-state index in [0.29, 0.717) is 37.5 Å². The Kier molecular flexibility index (Phi) is 6.11. The van der Waals surface area contributed by atoms with Gasteiger partial charge in [0.1, 0.15) is 10.8 Å². The van der Waals surface area contributed by atoms with Crippen LogP contribution in [-0.2, 0) is 9.59 Å². The lowest BCUT2D eigenvalue weighted by Gasteiger charge is -2.35. The number of carbonyl (C=O) groups excluding carboxylic acids is 2. The molecular weight excluding hydrogens is 352 g/mol. The van der Waals surface area contributed by atoms with Gasteiger partial charge in [-0.3, -0.25) is 9.59 Å². The molecular formula is C17H22N6O2S. The van der Waals surface area contributed by atoms with Crippen LogP contribution in [0.3, 0.4) is 0 Å². The Morgan fingerprint density at radius 1 is 1.15 bits per heavy atom. The molecule has 26 heavy (non-hydrogen) atoms. The number of amides is 2. The lowest BCUT2D eigenvalue weighted by Crippen LogP contribution is -2.49. The number of hydrogen-bond acceptors (Lipinski definition) is 7. The van der Waals surface area contributed by atoms with Gasteiger partial charge in [0.05, 0.1) is 0 Å². The predicted octanol–water partition coefficient (Wildman–Crippen LogP) is 1.70. The van der Waals surface area contributed by atoms with Crippen molar-refractivity contribution in [3.63, 3.8) is 0 Å². The summed E-state index contributed by atoms with van der Waals surface area (Å²) < 4.78 is 0. The van der Waals surface area contributed by atoms with Crippen LogP contribution in [0.1, 0.15) is 24.3 Å². The monoisotopic (exact) mass is 374 g/mol. The first-order valence-electron chi connectivity index (χ1n) is 8.65. The van der Waals surface area contributed by atoms with Crippen LogP contribution < -0.4 is 10.2 Å². The number of nitrogens with one attached hydrogen (secondary N) is 1. The van der Waals surface area contributed by atoms with Crippen molar-refractivity contribution in [3.05, 3.63) is 29.4 Å². The first-order chi connectivity index (χ1) is 12.6. The number of piperazine rings is 1. The number of hydrogen-bond donors (Lipinski definition) is 1. The topological polar surface area (TPSA) is 91.3 Å². The highest BCUT2D eigenvalue weighted by atomic mass is 32.1. The van der Waals surface area contributed by atoms with Gasteiger partial charge in [-0.25, -0.2) is 4.98 Å². The third-order valence-electron chi connectivity index (χ3n) is 4.17. The van der Waals surface area contributed by atoms with Crippen LogP contribution in [0.2, 0.25) is 0 Å². The van der Waals surface area contributed by atoms with E-state index in [4.69, 9.17) is 0 Å². The van der Waals surface area contributed by atoms with Gasteiger partial charge in [0.2, 0.25) is 16.9 Å². The fourth-order valence-electron chi connectivity index (χ4n) is 2.81. The third-order valence-corrected chi connectivity index (χ3v) is 4.93. The Morgan fingerprint density at radius 2 is 1.96 bits per heavy atom. The molecule has 8 nitrogen and oxygen atoms in total. The van der Waals surface area contributed by atoms with Crippen LogP contribution in [-0.4, -0.2) is 58.1 Å². The lowest BCUT2D eigenvalue weighted by molar-refractivity contribution is -0.131. The fraction of sp³-hybridized carbons (Fsp3) is 0.471. The standard InChI is InChI=1S/C17H22N6O2S/c1-13-20-21-17(26-13)19-15(24)6-4-7-16(25)23-11-9-22(10-12-23)14-5-2-3-8-18-14/h2-3,5,8H,4,6-7,9-12H2,1H3,(H,19,21,24). The summed E-state index contributed by atoms with van der Waals surface area (Å²) in [4.78, 5) is 32.6. The number of aromatic nitrogens is 3. The highest BCUT2D eigenvalue weighted by molar-refractivity contribution is 7.15. The highest BCUT2D eigenvalue weighted by Crippen LogP contribution is 2.15. The summed E-state index contributed by atoms with van der Waals surface area (Å²) in [6.45, 7) is 4.76. The number of pyridine rings is 1. The van der Waals surface area contributed by atoms with Gasteiger partial charge in [-0.2, -0.15) is 0 Å². The molecule has 0 spiro atoms. The Balaban J connectivity index is 1.36. The molecule has 3 rings (SSSR count). The smallest absolute Gasteiger partial charge is 0.226 e. The van der Waals surface area contributed by atoms with Crippen LogP contribution in [0.25, 0.3) is 0 Å². The molecule has 2 aromatic heterocycles. The first-order valence-corrected chi connectivity index (χ1v) is 9.47. The molecule has 1 aliphatic rings. The molecule has 0 aromatic carbocycles. The van der Waals surface area contributed by atoms with Crippen molar-refractivity contribution in [2.24, 2.45) is 0 Å². The molecule has 0 radical (unpaired) electrons. The summed E-state index contributed by atoms with van der Waals surface area (Å²) in [5.41, 5.74) is 0. The average molecular weight is 374 g/mol. The van der Waals surface area contributed by atoms with Gasteiger partial charge in [-0.05, 0) is 25.5 Å². The normalized spacial score (nSPS) is 14.3. The quantitative estimate of drug-likeness (QED) is 0.827. The molecule has 0 atom stereocenters. The van der Waals surface area contributed by atoms with Crippen molar-refractivity contribution < 1.29 is 9.59 Å². The number of aryl methyl sites for hydroxylation is 1. The predicted molar refractivity (Wildman–Crippen MR) is 100 cm³/mol. The molecule has 0 unspecified atom stereocenters. The third kappa shape index (κ3) is 4.98. The average Bonchev–Trinajstić information content (AvgIpc) is 3.07. The maximum absolute atomic E-state index is 12.3. The molecule has 0 bridgehead atoms. The van der Waals surface area contributed by atoms with Gasteiger partial charge in [0, 0.05) is 45.2 Å².